The Morgan fingerprint density at radius 2 is 1.96 bits per heavy atom. The first-order chi connectivity index (χ1) is 11.3. The average molecular weight is 394 g/mol. The normalized spacial score (nSPS) is 21.9. The molecule has 1 aliphatic carbocycles. The van der Waals surface area contributed by atoms with Gasteiger partial charge < -0.3 is 11.1 Å². The molecule has 1 aromatic carbocycles. The molecule has 4 N–H and O–H groups in total. The second-order valence-corrected chi connectivity index (χ2v) is 7.85. The minimum Gasteiger partial charge on any atom is -0.352 e. The van der Waals surface area contributed by atoms with E-state index in [1.807, 2.05) is 0 Å². The van der Waals surface area contributed by atoms with Crippen LogP contribution in [-0.2, 0) is 14.8 Å². The van der Waals surface area contributed by atoms with Crippen molar-refractivity contribution in [3.05, 3.63) is 30.1 Å². The Labute approximate surface area is 154 Å². The maximum atomic E-state index is 13.7. The Bertz CT molecular complexity index is 687. The van der Waals surface area contributed by atoms with Gasteiger partial charge in [-0.15, -0.1) is 12.4 Å². The van der Waals surface area contributed by atoms with Crippen molar-refractivity contribution in [3.8, 4) is 0 Å². The number of hydrogen-bond acceptors (Lipinski definition) is 4. The second kappa shape index (κ2) is 9.47. The lowest BCUT2D eigenvalue weighted by atomic mass is 9.84. The van der Waals surface area contributed by atoms with Crippen LogP contribution in [0, 0.1) is 11.7 Å². The number of halogens is 2. The first-order valence-electron chi connectivity index (χ1n) is 8.12. The van der Waals surface area contributed by atoms with Gasteiger partial charge in [0.2, 0.25) is 15.9 Å². The van der Waals surface area contributed by atoms with Crippen LogP contribution in [0.1, 0.15) is 32.6 Å². The lowest BCUT2D eigenvalue weighted by molar-refractivity contribution is -0.123. The summed E-state index contributed by atoms with van der Waals surface area (Å²) >= 11 is 0. The summed E-state index contributed by atoms with van der Waals surface area (Å²) in [6, 6.07) is 4.00. The summed E-state index contributed by atoms with van der Waals surface area (Å²) in [7, 11) is -4.11. The smallest absolute Gasteiger partial charge is 0.244 e. The third-order valence-electron chi connectivity index (χ3n) is 4.39. The van der Waals surface area contributed by atoms with E-state index in [-0.39, 0.29) is 24.4 Å². The quantitative estimate of drug-likeness (QED) is 0.682. The number of carbonyl (C=O) groups excluding carboxylic acids is 1. The minimum atomic E-state index is -4.11. The molecule has 1 saturated carbocycles. The molecule has 0 aliphatic heterocycles. The topological polar surface area (TPSA) is 101 Å². The summed E-state index contributed by atoms with van der Waals surface area (Å²) in [4.78, 5) is 11.8. The molecule has 0 radical (unpaired) electrons. The molecular formula is C16H25ClFN3O3S. The van der Waals surface area contributed by atoms with Gasteiger partial charge >= 0.3 is 0 Å². The van der Waals surface area contributed by atoms with Crippen molar-refractivity contribution in [1.29, 1.82) is 0 Å². The fourth-order valence-electron chi connectivity index (χ4n) is 3.00. The molecule has 1 aliphatic rings. The van der Waals surface area contributed by atoms with Crippen molar-refractivity contribution in [2.24, 2.45) is 11.7 Å². The van der Waals surface area contributed by atoms with Crippen molar-refractivity contribution in [3.63, 3.8) is 0 Å². The van der Waals surface area contributed by atoms with Gasteiger partial charge in [-0.1, -0.05) is 25.0 Å². The number of nitrogens with one attached hydrogen (secondary N) is 2. The molecule has 0 saturated heterocycles. The van der Waals surface area contributed by atoms with E-state index in [1.165, 1.54) is 19.1 Å². The predicted molar refractivity (Wildman–Crippen MR) is 96.4 cm³/mol. The van der Waals surface area contributed by atoms with E-state index >= 15 is 0 Å². The van der Waals surface area contributed by atoms with Crippen LogP contribution in [0.2, 0.25) is 0 Å². The van der Waals surface area contributed by atoms with Gasteiger partial charge in [-0.05, 0) is 44.4 Å². The summed E-state index contributed by atoms with van der Waals surface area (Å²) in [5.41, 5.74) is 5.74. The first-order valence-corrected chi connectivity index (χ1v) is 9.60. The number of nitrogens with two attached hydrogens (primary N) is 1. The van der Waals surface area contributed by atoms with E-state index in [2.05, 4.69) is 10.0 Å². The molecule has 3 unspecified atom stereocenters. The van der Waals surface area contributed by atoms with Gasteiger partial charge in [0.1, 0.15) is 10.7 Å². The second-order valence-electron chi connectivity index (χ2n) is 6.17. The Morgan fingerprint density at radius 1 is 1.32 bits per heavy atom. The molecule has 0 spiro atoms. The Hall–Kier alpha value is -1.22. The molecule has 142 valence electrons. The molecule has 9 heteroatoms. The van der Waals surface area contributed by atoms with E-state index in [1.54, 1.807) is 0 Å². The van der Waals surface area contributed by atoms with Crippen LogP contribution in [0.15, 0.2) is 29.2 Å². The molecule has 25 heavy (non-hydrogen) atoms. The van der Waals surface area contributed by atoms with Gasteiger partial charge in [-0.25, -0.2) is 12.8 Å². The van der Waals surface area contributed by atoms with Crippen LogP contribution in [0.25, 0.3) is 0 Å². The van der Waals surface area contributed by atoms with E-state index in [4.69, 9.17) is 5.73 Å². The number of hydrogen-bond donors (Lipinski definition) is 3. The molecule has 1 amide bonds. The molecule has 1 fully saturated rings. The van der Waals surface area contributed by atoms with Crippen molar-refractivity contribution in [2.75, 3.05) is 6.54 Å². The fraction of sp³-hybridized carbons (Fsp3) is 0.562. The van der Waals surface area contributed by atoms with Gasteiger partial charge in [-0.2, -0.15) is 4.72 Å². The monoisotopic (exact) mass is 393 g/mol. The highest BCUT2D eigenvalue weighted by atomic mass is 35.5. The summed E-state index contributed by atoms with van der Waals surface area (Å²) in [6.07, 6.45) is 3.89. The molecule has 0 aromatic heterocycles. The van der Waals surface area contributed by atoms with E-state index in [0.29, 0.717) is 6.54 Å². The zero-order valence-electron chi connectivity index (χ0n) is 14.1. The maximum absolute atomic E-state index is 13.7. The zero-order chi connectivity index (χ0) is 17.7. The van der Waals surface area contributed by atoms with Crippen LogP contribution < -0.4 is 15.8 Å². The third kappa shape index (κ3) is 5.64. The molecule has 0 heterocycles. The number of sulfonamides is 1. The zero-order valence-corrected chi connectivity index (χ0v) is 15.7. The largest absolute Gasteiger partial charge is 0.352 e. The molecule has 6 nitrogen and oxygen atoms in total. The molecular weight excluding hydrogens is 369 g/mol. The highest BCUT2D eigenvalue weighted by molar-refractivity contribution is 7.89. The third-order valence-corrected chi connectivity index (χ3v) is 5.96. The van der Waals surface area contributed by atoms with Crippen molar-refractivity contribution >= 4 is 28.3 Å². The van der Waals surface area contributed by atoms with Crippen LogP contribution in [0.3, 0.4) is 0 Å². The summed E-state index contributed by atoms with van der Waals surface area (Å²) in [6.45, 7) is 1.92. The van der Waals surface area contributed by atoms with Crippen molar-refractivity contribution in [1.82, 2.24) is 10.0 Å². The van der Waals surface area contributed by atoms with E-state index in [9.17, 15) is 17.6 Å². The molecule has 0 bridgehead atoms. The lowest BCUT2D eigenvalue weighted by Gasteiger charge is -2.32. The SMILES string of the molecule is CC(NS(=O)(=O)c1ccccc1F)C(=O)NC1CCCCC1CN.Cl. The molecule has 2 rings (SSSR count). The minimum absolute atomic E-state index is 0. The van der Waals surface area contributed by atoms with Gasteiger partial charge in [-0.3, -0.25) is 4.79 Å². The first kappa shape index (κ1) is 21.8. The van der Waals surface area contributed by atoms with Gasteiger partial charge in [0.05, 0.1) is 6.04 Å². The van der Waals surface area contributed by atoms with Crippen LogP contribution >= 0.6 is 12.4 Å². The molecule has 3 atom stereocenters. The fourth-order valence-corrected chi connectivity index (χ4v) is 4.28. The number of amides is 1. The Morgan fingerprint density at radius 3 is 2.60 bits per heavy atom. The van der Waals surface area contributed by atoms with Crippen molar-refractivity contribution in [2.45, 2.75) is 49.6 Å². The predicted octanol–water partition coefficient (Wildman–Crippen LogP) is 1.55. The van der Waals surface area contributed by atoms with E-state index < -0.39 is 32.7 Å². The molecule has 1 aromatic rings. The van der Waals surface area contributed by atoms with Gasteiger partial charge in [0.15, 0.2) is 0 Å². The van der Waals surface area contributed by atoms with Gasteiger partial charge in [0.25, 0.3) is 0 Å². The van der Waals surface area contributed by atoms with Crippen LogP contribution in [0.4, 0.5) is 4.39 Å². The summed E-state index contributed by atoms with van der Waals surface area (Å²) in [5, 5.41) is 2.87. The van der Waals surface area contributed by atoms with E-state index in [0.717, 1.165) is 37.8 Å². The van der Waals surface area contributed by atoms with Gasteiger partial charge in [0, 0.05) is 6.04 Å². The number of benzene rings is 1. The maximum Gasteiger partial charge on any atom is 0.244 e. The Kier molecular flexibility index (Phi) is 8.27. The highest BCUT2D eigenvalue weighted by Crippen LogP contribution is 2.23. The van der Waals surface area contributed by atoms with Crippen LogP contribution in [0.5, 0.6) is 0 Å². The average Bonchev–Trinajstić information content (AvgIpc) is 2.55. The summed E-state index contributed by atoms with van der Waals surface area (Å²) < 4.78 is 40.4. The standard InChI is InChI=1S/C16H24FN3O3S.ClH/c1-11(16(21)19-14-8-4-2-6-12(14)10-18)20-24(22,23)15-9-5-3-7-13(15)17;/h3,5,7,9,11-12,14,20H,2,4,6,8,10,18H2,1H3,(H,19,21);1H. The van der Waals surface area contributed by atoms with Crippen LogP contribution in [-0.4, -0.2) is 33.0 Å². The lowest BCUT2D eigenvalue weighted by Crippen LogP contribution is -2.51. The Balaban J connectivity index is 0.00000312. The number of carbonyl (C=O) groups is 1. The van der Waals surface area contributed by atoms with Crippen molar-refractivity contribution < 1.29 is 17.6 Å². The highest BCUT2D eigenvalue weighted by Gasteiger charge is 2.29. The summed E-state index contributed by atoms with van der Waals surface area (Å²) in [5.74, 6) is -1.08. The number of rotatable bonds is 6.